The number of rotatable bonds is 9. The molecule has 1 aliphatic rings. The SMILES string of the molecule is COc1ccc(-c2cnc3c(c2)C(=O)N([C@H](C)CO)C[C@H](C)[C@H](CN(C)S(=O)(=O)c2ccc(OC)cc2)O3)cc1. The Morgan fingerprint density at radius 1 is 1.07 bits per heavy atom. The lowest BCUT2D eigenvalue weighted by Crippen LogP contribution is -2.50. The van der Waals surface area contributed by atoms with Crippen LogP contribution in [-0.4, -0.2) is 86.7 Å². The van der Waals surface area contributed by atoms with Crippen LogP contribution < -0.4 is 14.2 Å². The van der Waals surface area contributed by atoms with E-state index in [0.717, 1.165) is 5.56 Å². The number of aromatic nitrogens is 1. The summed E-state index contributed by atoms with van der Waals surface area (Å²) in [4.78, 5) is 19.9. The van der Waals surface area contributed by atoms with Crippen LogP contribution in [0.15, 0.2) is 65.7 Å². The fraction of sp³-hybridized carbons (Fsp3) is 0.379. The van der Waals surface area contributed by atoms with Gasteiger partial charge in [0, 0.05) is 31.3 Å². The topological polar surface area (TPSA) is 118 Å². The zero-order chi connectivity index (χ0) is 29.0. The largest absolute Gasteiger partial charge is 0.497 e. The minimum atomic E-state index is -3.83. The van der Waals surface area contributed by atoms with Gasteiger partial charge in [0.1, 0.15) is 23.2 Å². The maximum atomic E-state index is 13.7. The van der Waals surface area contributed by atoms with Crippen molar-refractivity contribution in [2.75, 3.05) is 41.0 Å². The van der Waals surface area contributed by atoms with Crippen LogP contribution in [0.2, 0.25) is 0 Å². The van der Waals surface area contributed by atoms with Gasteiger partial charge >= 0.3 is 0 Å². The van der Waals surface area contributed by atoms with E-state index < -0.39 is 22.2 Å². The molecule has 4 rings (SSSR count). The van der Waals surface area contributed by atoms with Gasteiger partial charge in [0.2, 0.25) is 15.9 Å². The second-order valence-corrected chi connectivity index (χ2v) is 11.9. The Kier molecular flexibility index (Phi) is 8.97. The molecule has 0 aliphatic carbocycles. The normalized spacial score (nSPS) is 18.4. The van der Waals surface area contributed by atoms with Crippen LogP contribution in [-0.2, 0) is 10.0 Å². The molecule has 0 saturated carbocycles. The van der Waals surface area contributed by atoms with Crippen LogP contribution in [0.4, 0.5) is 0 Å². The molecule has 0 fully saturated rings. The average molecular weight is 570 g/mol. The lowest BCUT2D eigenvalue weighted by molar-refractivity contribution is 0.0373. The smallest absolute Gasteiger partial charge is 0.259 e. The predicted molar refractivity (Wildman–Crippen MR) is 150 cm³/mol. The molecular weight excluding hydrogens is 534 g/mol. The molecule has 214 valence electrons. The molecule has 10 nitrogen and oxygen atoms in total. The van der Waals surface area contributed by atoms with Crippen molar-refractivity contribution in [1.82, 2.24) is 14.2 Å². The Balaban J connectivity index is 1.68. The van der Waals surface area contributed by atoms with Crippen molar-refractivity contribution in [3.8, 4) is 28.5 Å². The van der Waals surface area contributed by atoms with Gasteiger partial charge in [0.05, 0.1) is 38.3 Å². The number of hydrogen-bond donors (Lipinski definition) is 1. The van der Waals surface area contributed by atoms with E-state index in [4.69, 9.17) is 14.2 Å². The van der Waals surface area contributed by atoms with E-state index in [0.29, 0.717) is 17.1 Å². The molecule has 0 radical (unpaired) electrons. The molecule has 11 heteroatoms. The Hall–Kier alpha value is -3.67. The summed E-state index contributed by atoms with van der Waals surface area (Å²) in [5, 5.41) is 9.92. The number of sulfonamides is 1. The van der Waals surface area contributed by atoms with Crippen molar-refractivity contribution in [2.45, 2.75) is 30.9 Å². The van der Waals surface area contributed by atoms with Crippen LogP contribution in [0.25, 0.3) is 11.1 Å². The number of amides is 1. The highest BCUT2D eigenvalue weighted by Crippen LogP contribution is 2.31. The lowest BCUT2D eigenvalue weighted by atomic mass is 9.99. The summed E-state index contributed by atoms with van der Waals surface area (Å²) in [6.07, 6.45) is 0.993. The average Bonchev–Trinajstić information content (AvgIpc) is 2.98. The van der Waals surface area contributed by atoms with Crippen molar-refractivity contribution in [2.24, 2.45) is 5.92 Å². The van der Waals surface area contributed by atoms with Crippen molar-refractivity contribution in [1.29, 1.82) is 0 Å². The molecule has 2 heterocycles. The van der Waals surface area contributed by atoms with E-state index in [-0.39, 0.29) is 47.9 Å². The van der Waals surface area contributed by atoms with Gasteiger partial charge in [0.15, 0.2) is 0 Å². The number of hydrogen-bond acceptors (Lipinski definition) is 8. The summed E-state index contributed by atoms with van der Waals surface area (Å²) < 4.78 is 44.6. The maximum absolute atomic E-state index is 13.7. The number of nitrogens with zero attached hydrogens (tertiary/aromatic N) is 3. The number of methoxy groups -OCH3 is 2. The lowest BCUT2D eigenvalue weighted by Gasteiger charge is -2.37. The Morgan fingerprint density at radius 3 is 2.25 bits per heavy atom. The summed E-state index contributed by atoms with van der Waals surface area (Å²) in [7, 11) is 0.766. The monoisotopic (exact) mass is 569 g/mol. The molecule has 1 N–H and O–H groups in total. The van der Waals surface area contributed by atoms with Gasteiger partial charge in [-0.1, -0.05) is 19.1 Å². The molecule has 0 saturated heterocycles. The first-order valence-corrected chi connectivity index (χ1v) is 14.4. The minimum absolute atomic E-state index is 0.0203. The molecule has 1 aromatic heterocycles. The number of carbonyl (C=O) groups is 1. The van der Waals surface area contributed by atoms with Gasteiger partial charge in [-0.3, -0.25) is 4.79 Å². The van der Waals surface area contributed by atoms with Crippen molar-refractivity contribution in [3.05, 3.63) is 66.4 Å². The quantitative estimate of drug-likeness (QED) is 0.417. The van der Waals surface area contributed by atoms with Crippen LogP contribution in [0.3, 0.4) is 0 Å². The summed E-state index contributed by atoms with van der Waals surface area (Å²) in [5.74, 6) is 0.782. The van der Waals surface area contributed by atoms with E-state index in [1.54, 1.807) is 43.3 Å². The Labute approximate surface area is 235 Å². The standard InChI is InChI=1S/C29H35N3O7S/c1-19-16-32(20(2)18-33)29(34)26-14-22(21-6-8-23(37-4)9-7-21)15-30-28(26)39-27(19)17-31(3)40(35,36)25-12-10-24(38-5)11-13-25/h6-15,19-20,27,33H,16-18H2,1-5H3/t19-,20+,27-/m0/s1. The molecule has 1 aliphatic heterocycles. The highest BCUT2D eigenvalue weighted by atomic mass is 32.2. The third-order valence-corrected chi connectivity index (χ3v) is 8.99. The first-order valence-electron chi connectivity index (χ1n) is 12.9. The number of ether oxygens (including phenoxy) is 3. The van der Waals surface area contributed by atoms with Crippen LogP contribution >= 0.6 is 0 Å². The first kappa shape index (κ1) is 29.3. The second-order valence-electron chi connectivity index (χ2n) is 9.89. The van der Waals surface area contributed by atoms with Crippen molar-refractivity contribution >= 4 is 15.9 Å². The summed E-state index contributed by atoms with van der Waals surface area (Å²) in [6, 6.07) is 14.8. The maximum Gasteiger partial charge on any atom is 0.259 e. The van der Waals surface area contributed by atoms with Crippen molar-refractivity contribution < 1.29 is 32.5 Å². The van der Waals surface area contributed by atoms with E-state index in [1.807, 2.05) is 31.2 Å². The molecular formula is C29H35N3O7S. The third-order valence-electron chi connectivity index (χ3n) is 7.15. The van der Waals surface area contributed by atoms with Crippen LogP contribution in [0, 0.1) is 5.92 Å². The molecule has 0 bridgehead atoms. The van der Waals surface area contributed by atoms with E-state index in [1.165, 1.54) is 30.6 Å². The number of benzene rings is 2. The van der Waals surface area contributed by atoms with Gasteiger partial charge in [0.25, 0.3) is 5.91 Å². The molecule has 1 amide bonds. The molecule has 0 spiro atoms. The summed E-state index contributed by atoms with van der Waals surface area (Å²) in [5.41, 5.74) is 1.79. The number of fused-ring (bicyclic) bond motifs is 1. The minimum Gasteiger partial charge on any atom is -0.497 e. The predicted octanol–water partition coefficient (Wildman–Crippen LogP) is 3.31. The van der Waals surface area contributed by atoms with Gasteiger partial charge in [-0.2, -0.15) is 4.31 Å². The second kappa shape index (κ2) is 12.2. The number of aliphatic hydroxyl groups excluding tert-OH is 1. The third kappa shape index (κ3) is 6.06. The first-order chi connectivity index (χ1) is 19.1. The molecule has 0 unspecified atom stereocenters. The van der Waals surface area contributed by atoms with Crippen LogP contribution in [0.5, 0.6) is 17.4 Å². The zero-order valence-electron chi connectivity index (χ0n) is 23.3. The van der Waals surface area contributed by atoms with Gasteiger partial charge in [-0.25, -0.2) is 13.4 Å². The van der Waals surface area contributed by atoms with Gasteiger partial charge in [-0.15, -0.1) is 0 Å². The fourth-order valence-corrected chi connectivity index (χ4v) is 5.72. The molecule has 40 heavy (non-hydrogen) atoms. The van der Waals surface area contributed by atoms with Crippen LogP contribution in [0.1, 0.15) is 24.2 Å². The Morgan fingerprint density at radius 2 is 1.68 bits per heavy atom. The van der Waals surface area contributed by atoms with E-state index in [2.05, 4.69) is 4.98 Å². The highest BCUT2D eigenvalue weighted by molar-refractivity contribution is 7.89. The Bertz CT molecular complexity index is 1430. The van der Waals surface area contributed by atoms with Gasteiger partial charge in [-0.05, 0) is 55.0 Å². The summed E-state index contributed by atoms with van der Waals surface area (Å²) >= 11 is 0. The number of likely N-dealkylation sites (N-methyl/N-ethyl adjacent to an activating group) is 1. The number of pyridine rings is 1. The van der Waals surface area contributed by atoms with Crippen molar-refractivity contribution in [3.63, 3.8) is 0 Å². The zero-order valence-corrected chi connectivity index (χ0v) is 24.1. The molecule has 3 aromatic rings. The molecule has 3 atom stereocenters. The fourth-order valence-electron chi connectivity index (χ4n) is 4.54. The number of aliphatic hydroxyl groups is 1. The molecule has 2 aromatic carbocycles. The van der Waals surface area contributed by atoms with Gasteiger partial charge < -0.3 is 24.2 Å². The van der Waals surface area contributed by atoms with E-state index >= 15 is 0 Å². The number of carbonyl (C=O) groups excluding carboxylic acids is 1. The highest BCUT2D eigenvalue weighted by Gasteiger charge is 2.36. The van der Waals surface area contributed by atoms with E-state index in [9.17, 15) is 18.3 Å². The summed E-state index contributed by atoms with van der Waals surface area (Å²) in [6.45, 7) is 3.71.